The first-order valence-corrected chi connectivity index (χ1v) is 7.40. The number of rotatable bonds is 4. The number of pyridine rings is 2. The molecule has 1 N–H and O–H groups in total. The summed E-state index contributed by atoms with van der Waals surface area (Å²) in [6, 6.07) is 13.0. The first kappa shape index (κ1) is 15.0. The van der Waals surface area contributed by atoms with Gasteiger partial charge in [-0.3, -0.25) is 14.6 Å². The van der Waals surface area contributed by atoms with Crippen LogP contribution in [0.4, 0.5) is 0 Å². The average molecular weight is 307 g/mol. The molecular formula is C18H17N3O2. The van der Waals surface area contributed by atoms with Gasteiger partial charge in [-0.25, -0.2) is 0 Å². The van der Waals surface area contributed by atoms with Crippen molar-refractivity contribution >= 4 is 16.7 Å². The predicted molar refractivity (Wildman–Crippen MR) is 89.0 cm³/mol. The lowest BCUT2D eigenvalue weighted by molar-refractivity contribution is -0.121. The average Bonchev–Trinajstić information content (AvgIpc) is 2.58. The fourth-order valence-electron chi connectivity index (χ4n) is 2.53. The van der Waals surface area contributed by atoms with Crippen LogP contribution in [0.5, 0.6) is 0 Å². The molecule has 23 heavy (non-hydrogen) atoms. The van der Waals surface area contributed by atoms with E-state index in [4.69, 9.17) is 0 Å². The first-order valence-electron chi connectivity index (χ1n) is 7.40. The number of aryl methyl sites for hydroxylation is 1. The molecule has 5 heteroatoms. The normalized spacial score (nSPS) is 10.7. The van der Waals surface area contributed by atoms with Crippen LogP contribution in [0.15, 0.2) is 59.7 Å². The third-order valence-electron chi connectivity index (χ3n) is 3.74. The number of benzene rings is 1. The van der Waals surface area contributed by atoms with Crippen LogP contribution in [-0.2, 0) is 17.9 Å². The number of carbonyl (C=O) groups excluding carboxylic acids is 1. The molecule has 0 bridgehead atoms. The molecular weight excluding hydrogens is 290 g/mol. The fraction of sp³-hybridized carbons (Fsp3) is 0.167. The monoisotopic (exact) mass is 307 g/mol. The molecule has 0 unspecified atom stereocenters. The Bertz CT molecular complexity index is 901. The summed E-state index contributed by atoms with van der Waals surface area (Å²) in [5.41, 5.74) is 1.55. The Morgan fingerprint density at radius 3 is 2.83 bits per heavy atom. The molecule has 0 aliphatic heterocycles. The lowest BCUT2D eigenvalue weighted by Crippen LogP contribution is -2.33. The van der Waals surface area contributed by atoms with E-state index in [1.165, 1.54) is 4.57 Å². The van der Waals surface area contributed by atoms with Crippen molar-refractivity contribution in [2.45, 2.75) is 20.0 Å². The minimum Gasteiger partial charge on any atom is -0.350 e. The van der Waals surface area contributed by atoms with Crippen molar-refractivity contribution in [3.8, 4) is 0 Å². The topological polar surface area (TPSA) is 64.0 Å². The van der Waals surface area contributed by atoms with Crippen LogP contribution in [0.2, 0.25) is 0 Å². The third-order valence-corrected chi connectivity index (χ3v) is 3.74. The van der Waals surface area contributed by atoms with Crippen LogP contribution < -0.4 is 10.9 Å². The Kier molecular flexibility index (Phi) is 4.19. The van der Waals surface area contributed by atoms with Gasteiger partial charge in [0.15, 0.2) is 0 Å². The van der Waals surface area contributed by atoms with Gasteiger partial charge >= 0.3 is 0 Å². The molecule has 0 saturated carbocycles. The number of nitrogens with one attached hydrogen (secondary N) is 1. The molecule has 2 aromatic heterocycles. The Morgan fingerprint density at radius 1 is 1.22 bits per heavy atom. The van der Waals surface area contributed by atoms with E-state index in [9.17, 15) is 9.59 Å². The lowest BCUT2D eigenvalue weighted by atomic mass is 10.1. The quantitative estimate of drug-likeness (QED) is 0.802. The maximum atomic E-state index is 12.5. The molecule has 0 aliphatic rings. The second-order valence-electron chi connectivity index (χ2n) is 5.40. The molecule has 0 radical (unpaired) electrons. The second-order valence-corrected chi connectivity index (χ2v) is 5.40. The predicted octanol–water partition coefficient (Wildman–Crippen LogP) is 2.02. The Morgan fingerprint density at radius 2 is 2.04 bits per heavy atom. The molecule has 5 nitrogen and oxygen atoms in total. The molecule has 3 rings (SSSR count). The number of carbonyl (C=O) groups is 1. The van der Waals surface area contributed by atoms with Crippen LogP contribution in [-0.4, -0.2) is 15.5 Å². The molecule has 0 saturated heterocycles. The minimum atomic E-state index is -0.200. The van der Waals surface area contributed by atoms with Crippen molar-refractivity contribution in [3.05, 3.63) is 76.5 Å². The number of aromatic nitrogens is 2. The van der Waals surface area contributed by atoms with Crippen LogP contribution in [0.25, 0.3) is 10.8 Å². The number of fused-ring (bicyclic) bond motifs is 1. The fourth-order valence-corrected chi connectivity index (χ4v) is 2.53. The van der Waals surface area contributed by atoms with E-state index in [2.05, 4.69) is 10.3 Å². The van der Waals surface area contributed by atoms with Gasteiger partial charge in [-0.1, -0.05) is 24.3 Å². The lowest BCUT2D eigenvalue weighted by Gasteiger charge is -2.12. The van der Waals surface area contributed by atoms with E-state index in [-0.39, 0.29) is 18.0 Å². The van der Waals surface area contributed by atoms with Gasteiger partial charge in [0.05, 0.1) is 0 Å². The molecule has 0 spiro atoms. The molecule has 0 fully saturated rings. The van der Waals surface area contributed by atoms with Crippen molar-refractivity contribution < 1.29 is 4.79 Å². The van der Waals surface area contributed by atoms with Crippen LogP contribution in [0.3, 0.4) is 0 Å². The van der Waals surface area contributed by atoms with Crippen molar-refractivity contribution in [2.75, 3.05) is 0 Å². The van der Waals surface area contributed by atoms with Gasteiger partial charge in [-0.15, -0.1) is 0 Å². The van der Waals surface area contributed by atoms with E-state index in [1.54, 1.807) is 18.5 Å². The maximum absolute atomic E-state index is 12.5. The highest BCUT2D eigenvalue weighted by Gasteiger charge is 2.10. The maximum Gasteiger partial charge on any atom is 0.259 e. The van der Waals surface area contributed by atoms with Gasteiger partial charge in [-0.05, 0) is 36.1 Å². The summed E-state index contributed by atoms with van der Waals surface area (Å²) in [5, 5.41) is 4.33. The summed E-state index contributed by atoms with van der Waals surface area (Å²) in [6.45, 7) is 2.24. The third kappa shape index (κ3) is 3.29. The zero-order valence-corrected chi connectivity index (χ0v) is 12.8. The smallest absolute Gasteiger partial charge is 0.259 e. The second kappa shape index (κ2) is 6.44. The summed E-state index contributed by atoms with van der Waals surface area (Å²) >= 11 is 0. The molecule has 3 aromatic rings. The highest BCUT2D eigenvalue weighted by Crippen LogP contribution is 2.11. The number of hydrogen-bond acceptors (Lipinski definition) is 3. The Hall–Kier alpha value is -2.95. The number of hydrogen-bond donors (Lipinski definition) is 1. The molecule has 116 valence electrons. The zero-order chi connectivity index (χ0) is 16.2. The minimum absolute atomic E-state index is 0.00969. The highest BCUT2D eigenvalue weighted by molar-refractivity contribution is 5.82. The van der Waals surface area contributed by atoms with Crippen molar-refractivity contribution in [1.82, 2.24) is 14.9 Å². The molecule has 0 aliphatic carbocycles. The summed E-state index contributed by atoms with van der Waals surface area (Å²) in [6.07, 6.45) is 3.39. The standard InChI is InChI=1S/C18H17N3O2/c1-13-9-15-6-2-3-7-16(15)18(23)21(13)12-17(22)20-11-14-5-4-8-19-10-14/h2-10H,11-12H2,1H3,(H,20,22). The summed E-state index contributed by atoms with van der Waals surface area (Å²) < 4.78 is 1.50. The Labute approximate surface area is 133 Å². The van der Waals surface area contributed by atoms with Crippen molar-refractivity contribution in [1.29, 1.82) is 0 Å². The Balaban J connectivity index is 1.78. The van der Waals surface area contributed by atoms with Crippen molar-refractivity contribution in [3.63, 3.8) is 0 Å². The molecule has 0 atom stereocenters. The van der Waals surface area contributed by atoms with E-state index in [0.29, 0.717) is 11.9 Å². The summed E-state index contributed by atoms with van der Waals surface area (Å²) in [7, 11) is 0. The van der Waals surface area contributed by atoms with Crippen LogP contribution in [0.1, 0.15) is 11.3 Å². The highest BCUT2D eigenvalue weighted by atomic mass is 16.2. The summed E-state index contributed by atoms with van der Waals surface area (Å²) in [4.78, 5) is 28.7. The largest absolute Gasteiger partial charge is 0.350 e. The van der Waals surface area contributed by atoms with Gasteiger partial charge < -0.3 is 9.88 Å². The van der Waals surface area contributed by atoms with E-state index in [0.717, 1.165) is 16.6 Å². The van der Waals surface area contributed by atoms with E-state index >= 15 is 0 Å². The summed E-state index contributed by atoms with van der Waals surface area (Å²) in [5.74, 6) is -0.200. The van der Waals surface area contributed by atoms with Gasteiger partial charge in [0.25, 0.3) is 5.56 Å². The molecule has 1 amide bonds. The van der Waals surface area contributed by atoms with E-state index < -0.39 is 0 Å². The van der Waals surface area contributed by atoms with Gasteiger partial charge in [-0.2, -0.15) is 0 Å². The van der Waals surface area contributed by atoms with E-state index in [1.807, 2.05) is 43.3 Å². The zero-order valence-electron chi connectivity index (χ0n) is 12.8. The first-order chi connectivity index (χ1) is 11.1. The number of amides is 1. The van der Waals surface area contributed by atoms with Gasteiger partial charge in [0.1, 0.15) is 6.54 Å². The van der Waals surface area contributed by atoms with Gasteiger partial charge in [0, 0.05) is 30.0 Å². The molecule has 2 heterocycles. The van der Waals surface area contributed by atoms with Crippen LogP contribution in [0, 0.1) is 6.92 Å². The number of nitrogens with zero attached hydrogens (tertiary/aromatic N) is 2. The SMILES string of the molecule is Cc1cc2ccccc2c(=O)n1CC(=O)NCc1cccnc1. The van der Waals surface area contributed by atoms with Crippen molar-refractivity contribution in [2.24, 2.45) is 0 Å². The van der Waals surface area contributed by atoms with Gasteiger partial charge in [0.2, 0.25) is 5.91 Å². The van der Waals surface area contributed by atoms with Crippen LogP contribution >= 0.6 is 0 Å². The molecule has 1 aromatic carbocycles.